The van der Waals surface area contributed by atoms with Crippen molar-refractivity contribution in [3.8, 4) is 11.1 Å². The lowest BCUT2D eigenvalue weighted by Crippen LogP contribution is -2.13. The second kappa shape index (κ2) is 4.10. The topological polar surface area (TPSA) is 56.0 Å². The first kappa shape index (κ1) is 10.3. The standard InChI is InChI=1S/C12H9FN2O/c13-11-9(8-3-2-6-15-7-8)4-1-5-10(11)12(14)16/h1-7H,(H2,14,16). The van der Waals surface area contributed by atoms with Crippen LogP contribution in [-0.2, 0) is 0 Å². The molecule has 1 heterocycles. The summed E-state index contributed by atoms with van der Waals surface area (Å²) in [5.41, 5.74) is 5.89. The molecule has 2 aromatic rings. The van der Waals surface area contributed by atoms with Gasteiger partial charge in [-0.15, -0.1) is 0 Å². The van der Waals surface area contributed by atoms with Gasteiger partial charge in [0.25, 0.3) is 5.91 Å². The number of carbonyl (C=O) groups excluding carboxylic acids is 1. The third kappa shape index (κ3) is 1.77. The molecule has 0 unspecified atom stereocenters. The molecular formula is C12H9FN2O. The number of hydrogen-bond acceptors (Lipinski definition) is 2. The molecule has 0 saturated carbocycles. The summed E-state index contributed by atoms with van der Waals surface area (Å²) in [4.78, 5) is 14.9. The average Bonchev–Trinajstić information content (AvgIpc) is 2.30. The van der Waals surface area contributed by atoms with Crippen molar-refractivity contribution in [3.63, 3.8) is 0 Å². The highest BCUT2D eigenvalue weighted by atomic mass is 19.1. The summed E-state index contributed by atoms with van der Waals surface area (Å²) >= 11 is 0. The number of hydrogen-bond donors (Lipinski definition) is 1. The quantitative estimate of drug-likeness (QED) is 0.834. The number of rotatable bonds is 2. The fraction of sp³-hybridized carbons (Fsp3) is 0. The maximum absolute atomic E-state index is 13.9. The highest BCUT2D eigenvalue weighted by molar-refractivity contribution is 5.94. The van der Waals surface area contributed by atoms with E-state index in [4.69, 9.17) is 5.73 Å². The summed E-state index contributed by atoms with van der Waals surface area (Å²) in [6.07, 6.45) is 3.13. The van der Waals surface area contributed by atoms with Crippen LogP contribution in [0.5, 0.6) is 0 Å². The molecule has 1 aromatic heterocycles. The minimum atomic E-state index is -0.775. The van der Waals surface area contributed by atoms with Crippen molar-refractivity contribution in [2.45, 2.75) is 0 Å². The van der Waals surface area contributed by atoms with Gasteiger partial charge in [0.05, 0.1) is 5.56 Å². The number of nitrogens with zero attached hydrogens (tertiary/aromatic N) is 1. The Kier molecular flexibility index (Phi) is 2.64. The molecule has 16 heavy (non-hydrogen) atoms. The maximum Gasteiger partial charge on any atom is 0.251 e. The highest BCUT2D eigenvalue weighted by Gasteiger charge is 2.13. The molecule has 2 rings (SSSR count). The van der Waals surface area contributed by atoms with Gasteiger partial charge >= 0.3 is 0 Å². The number of amides is 1. The normalized spacial score (nSPS) is 10.1. The second-order valence-electron chi connectivity index (χ2n) is 3.27. The van der Waals surface area contributed by atoms with Crippen molar-refractivity contribution in [1.82, 2.24) is 4.98 Å². The summed E-state index contributed by atoms with van der Waals surface area (Å²) in [7, 11) is 0. The van der Waals surface area contributed by atoms with E-state index in [0.717, 1.165) is 0 Å². The van der Waals surface area contributed by atoms with Gasteiger partial charge in [0, 0.05) is 23.5 Å². The van der Waals surface area contributed by atoms with Crippen LogP contribution in [0.4, 0.5) is 4.39 Å². The van der Waals surface area contributed by atoms with Crippen molar-refractivity contribution < 1.29 is 9.18 Å². The molecule has 2 N–H and O–H groups in total. The molecule has 0 saturated heterocycles. The van der Waals surface area contributed by atoms with Gasteiger partial charge in [-0.2, -0.15) is 0 Å². The lowest BCUT2D eigenvalue weighted by molar-refractivity contribution is 0.0996. The van der Waals surface area contributed by atoms with E-state index in [0.29, 0.717) is 11.1 Å². The third-order valence-corrected chi connectivity index (χ3v) is 2.24. The predicted molar refractivity (Wildman–Crippen MR) is 58.1 cm³/mol. The number of benzene rings is 1. The van der Waals surface area contributed by atoms with Crippen LogP contribution in [0.25, 0.3) is 11.1 Å². The Morgan fingerprint density at radius 1 is 1.25 bits per heavy atom. The molecule has 0 atom stereocenters. The van der Waals surface area contributed by atoms with Crippen molar-refractivity contribution in [2.24, 2.45) is 5.73 Å². The van der Waals surface area contributed by atoms with Crippen LogP contribution in [0.2, 0.25) is 0 Å². The second-order valence-corrected chi connectivity index (χ2v) is 3.27. The van der Waals surface area contributed by atoms with Crippen LogP contribution in [-0.4, -0.2) is 10.9 Å². The van der Waals surface area contributed by atoms with Gasteiger partial charge in [-0.1, -0.05) is 18.2 Å². The van der Waals surface area contributed by atoms with Gasteiger partial charge in [-0.25, -0.2) is 4.39 Å². The number of primary amides is 1. The SMILES string of the molecule is NC(=O)c1cccc(-c2cccnc2)c1F. The lowest BCUT2D eigenvalue weighted by atomic mass is 10.0. The molecular weight excluding hydrogens is 207 g/mol. The van der Waals surface area contributed by atoms with Gasteiger partial charge in [0.2, 0.25) is 0 Å². The molecule has 0 spiro atoms. The van der Waals surface area contributed by atoms with E-state index in [1.807, 2.05) is 0 Å². The number of pyridine rings is 1. The van der Waals surface area contributed by atoms with Crippen LogP contribution < -0.4 is 5.73 Å². The van der Waals surface area contributed by atoms with E-state index < -0.39 is 11.7 Å². The molecule has 1 amide bonds. The Hall–Kier alpha value is -2.23. The van der Waals surface area contributed by atoms with Crippen LogP contribution in [0.3, 0.4) is 0 Å². The zero-order chi connectivity index (χ0) is 11.5. The number of halogens is 1. The van der Waals surface area contributed by atoms with E-state index in [1.54, 1.807) is 30.5 Å². The largest absolute Gasteiger partial charge is 0.366 e. The van der Waals surface area contributed by atoms with E-state index in [-0.39, 0.29) is 5.56 Å². The summed E-state index contributed by atoms with van der Waals surface area (Å²) < 4.78 is 13.9. The summed E-state index contributed by atoms with van der Waals surface area (Å²) in [5, 5.41) is 0. The maximum atomic E-state index is 13.9. The first-order valence-corrected chi connectivity index (χ1v) is 4.69. The lowest BCUT2D eigenvalue weighted by Gasteiger charge is -2.05. The summed E-state index contributed by atoms with van der Waals surface area (Å²) in [6, 6.07) is 7.95. The fourth-order valence-corrected chi connectivity index (χ4v) is 1.47. The average molecular weight is 216 g/mol. The smallest absolute Gasteiger partial charge is 0.251 e. The van der Waals surface area contributed by atoms with Crippen LogP contribution >= 0.6 is 0 Å². The molecule has 0 bridgehead atoms. The zero-order valence-electron chi connectivity index (χ0n) is 8.35. The van der Waals surface area contributed by atoms with Crippen LogP contribution in [0, 0.1) is 5.82 Å². The predicted octanol–water partition coefficient (Wildman–Crippen LogP) is 1.99. The molecule has 0 radical (unpaired) electrons. The Morgan fingerprint density at radius 3 is 2.69 bits per heavy atom. The monoisotopic (exact) mass is 216 g/mol. The Balaban J connectivity index is 2.59. The fourth-order valence-electron chi connectivity index (χ4n) is 1.47. The van der Waals surface area contributed by atoms with Crippen molar-refractivity contribution >= 4 is 5.91 Å². The van der Waals surface area contributed by atoms with Crippen molar-refractivity contribution in [2.75, 3.05) is 0 Å². The van der Waals surface area contributed by atoms with Crippen molar-refractivity contribution in [3.05, 3.63) is 54.1 Å². The zero-order valence-corrected chi connectivity index (χ0v) is 8.35. The molecule has 0 fully saturated rings. The van der Waals surface area contributed by atoms with Gasteiger partial charge in [-0.3, -0.25) is 9.78 Å². The van der Waals surface area contributed by atoms with Gasteiger partial charge in [-0.05, 0) is 12.1 Å². The van der Waals surface area contributed by atoms with Gasteiger partial charge in [0.1, 0.15) is 5.82 Å². The number of nitrogens with two attached hydrogens (primary N) is 1. The first-order valence-electron chi connectivity index (χ1n) is 4.69. The first-order chi connectivity index (χ1) is 7.70. The van der Waals surface area contributed by atoms with E-state index in [9.17, 15) is 9.18 Å². The minimum absolute atomic E-state index is 0.110. The molecule has 1 aromatic carbocycles. The molecule has 0 aliphatic heterocycles. The highest BCUT2D eigenvalue weighted by Crippen LogP contribution is 2.23. The van der Waals surface area contributed by atoms with Crippen molar-refractivity contribution in [1.29, 1.82) is 0 Å². The van der Waals surface area contributed by atoms with Crippen LogP contribution in [0.1, 0.15) is 10.4 Å². The molecule has 80 valence electrons. The molecule has 3 nitrogen and oxygen atoms in total. The molecule has 0 aliphatic rings. The van der Waals surface area contributed by atoms with E-state index in [2.05, 4.69) is 4.98 Å². The third-order valence-electron chi connectivity index (χ3n) is 2.24. The van der Waals surface area contributed by atoms with E-state index >= 15 is 0 Å². The number of aromatic nitrogens is 1. The molecule has 0 aliphatic carbocycles. The van der Waals surface area contributed by atoms with E-state index in [1.165, 1.54) is 12.3 Å². The van der Waals surface area contributed by atoms with Gasteiger partial charge in [0.15, 0.2) is 0 Å². The Morgan fingerprint density at radius 2 is 2.06 bits per heavy atom. The number of carbonyl (C=O) groups is 1. The van der Waals surface area contributed by atoms with Gasteiger partial charge < -0.3 is 5.73 Å². The summed E-state index contributed by atoms with van der Waals surface area (Å²) in [6.45, 7) is 0. The summed E-state index contributed by atoms with van der Waals surface area (Å²) in [5.74, 6) is -1.38. The Labute approximate surface area is 91.7 Å². The molecule has 4 heteroatoms. The van der Waals surface area contributed by atoms with Crippen LogP contribution in [0.15, 0.2) is 42.7 Å². The Bertz CT molecular complexity index is 526. The minimum Gasteiger partial charge on any atom is -0.366 e.